The van der Waals surface area contributed by atoms with E-state index in [0.29, 0.717) is 13.0 Å². The second kappa shape index (κ2) is 8.03. The van der Waals surface area contributed by atoms with Crippen molar-refractivity contribution in [2.45, 2.75) is 18.9 Å². The van der Waals surface area contributed by atoms with Gasteiger partial charge in [0.2, 0.25) is 0 Å². The highest BCUT2D eigenvalue weighted by molar-refractivity contribution is 5.81. The van der Waals surface area contributed by atoms with Crippen LogP contribution in [0.5, 0.6) is 0 Å². The molecule has 0 aliphatic rings. The summed E-state index contributed by atoms with van der Waals surface area (Å²) >= 11 is 0. The lowest BCUT2D eigenvalue weighted by Gasteiger charge is -2.12. The third-order valence-electron chi connectivity index (χ3n) is 1.51. The van der Waals surface area contributed by atoms with E-state index in [4.69, 9.17) is 5.73 Å². The first-order valence-corrected chi connectivity index (χ1v) is 4.90. The average Bonchev–Trinajstić information content (AvgIpc) is 2.16. The van der Waals surface area contributed by atoms with E-state index in [0.717, 1.165) is 0 Å². The molecule has 0 amide bonds. The Morgan fingerprint density at radius 1 is 1.44 bits per heavy atom. The molecule has 94 valence electrons. The van der Waals surface area contributed by atoms with Gasteiger partial charge < -0.3 is 20.4 Å². The summed E-state index contributed by atoms with van der Waals surface area (Å²) in [5.74, 6) is -1.54. The highest BCUT2D eigenvalue weighted by Gasteiger charge is 2.21. The number of rotatable bonds is 7. The van der Waals surface area contributed by atoms with Gasteiger partial charge in [-0.2, -0.15) is 0 Å². The summed E-state index contributed by atoms with van der Waals surface area (Å²) in [5.41, 5.74) is 5.19. The van der Waals surface area contributed by atoms with E-state index in [1.54, 1.807) is 0 Å². The second-order valence-corrected chi connectivity index (χ2v) is 3.31. The van der Waals surface area contributed by atoms with Gasteiger partial charge in [-0.15, -0.1) is 5.06 Å². The van der Waals surface area contributed by atoms with Crippen LogP contribution < -0.4 is 5.73 Å². The Morgan fingerprint density at radius 2 is 2.06 bits per heavy atom. The number of esters is 1. The van der Waals surface area contributed by atoms with Crippen LogP contribution in [0.1, 0.15) is 12.8 Å². The molecule has 3 N–H and O–H groups in total. The highest BCUT2D eigenvalue weighted by Crippen LogP contribution is 1.99. The molecule has 7 heteroatoms. The Morgan fingerprint density at radius 3 is 2.56 bits per heavy atom. The summed E-state index contributed by atoms with van der Waals surface area (Å²) in [5, 5.41) is 10.5. The number of carbonyl (C=O) groups is 2. The van der Waals surface area contributed by atoms with Crippen LogP contribution in [-0.2, 0) is 19.2 Å². The average molecular weight is 234 g/mol. The number of carbonyl (C=O) groups excluding carboxylic acids is 2. The van der Waals surface area contributed by atoms with Crippen LogP contribution in [0.25, 0.3) is 0 Å². The Bertz CT molecular complexity index is 232. The molecule has 0 saturated heterocycles. The summed E-state index contributed by atoms with van der Waals surface area (Å²) in [4.78, 5) is 26.8. The van der Waals surface area contributed by atoms with E-state index < -0.39 is 24.5 Å². The van der Waals surface area contributed by atoms with Crippen molar-refractivity contribution in [3.05, 3.63) is 0 Å². The highest BCUT2D eigenvalue weighted by atomic mass is 16.7. The van der Waals surface area contributed by atoms with Crippen LogP contribution in [0.2, 0.25) is 0 Å². The molecule has 0 fully saturated rings. The maximum atomic E-state index is 11.1. The van der Waals surface area contributed by atoms with E-state index in [2.05, 4.69) is 9.57 Å². The molecule has 0 aromatic carbocycles. The molecule has 0 aromatic heterocycles. The number of hydrogen-bond donors (Lipinski definition) is 2. The van der Waals surface area contributed by atoms with Crippen molar-refractivity contribution >= 4 is 11.9 Å². The monoisotopic (exact) mass is 234 g/mol. The van der Waals surface area contributed by atoms with Crippen LogP contribution in [0.4, 0.5) is 0 Å². The summed E-state index contributed by atoms with van der Waals surface area (Å²) in [6.07, 6.45) is -1.41. The largest absolute Gasteiger partial charge is 0.464 e. The van der Waals surface area contributed by atoms with Crippen LogP contribution in [0.15, 0.2) is 0 Å². The third kappa shape index (κ3) is 7.16. The minimum Gasteiger partial charge on any atom is -0.464 e. The van der Waals surface area contributed by atoms with Gasteiger partial charge in [-0.05, 0) is 13.0 Å². The molecular formula is C9H18N2O5. The summed E-state index contributed by atoms with van der Waals surface area (Å²) in [7, 11) is 3.04. The minimum absolute atomic E-state index is 0.134. The number of ether oxygens (including phenoxy) is 1. The molecule has 0 aliphatic heterocycles. The van der Waals surface area contributed by atoms with Gasteiger partial charge in [0.25, 0.3) is 0 Å². The number of nitrogens with two attached hydrogens (primary N) is 1. The Labute approximate surface area is 94.1 Å². The van der Waals surface area contributed by atoms with Gasteiger partial charge in [0.15, 0.2) is 6.10 Å². The molecule has 0 bridgehead atoms. The van der Waals surface area contributed by atoms with Gasteiger partial charge in [0.1, 0.15) is 0 Å². The van der Waals surface area contributed by atoms with Gasteiger partial charge in [0, 0.05) is 14.1 Å². The lowest BCUT2D eigenvalue weighted by molar-refractivity contribution is -0.183. The van der Waals surface area contributed by atoms with Gasteiger partial charge in [-0.3, -0.25) is 4.79 Å². The Hall–Kier alpha value is -1.18. The first-order chi connectivity index (χ1) is 7.47. The van der Waals surface area contributed by atoms with Gasteiger partial charge >= 0.3 is 11.9 Å². The molecule has 0 saturated carbocycles. The van der Waals surface area contributed by atoms with Crippen LogP contribution in [0.3, 0.4) is 0 Å². The molecule has 1 unspecified atom stereocenters. The number of aliphatic hydroxyl groups excluding tert-OH is 1. The zero-order valence-corrected chi connectivity index (χ0v) is 9.51. The molecule has 7 nitrogen and oxygen atoms in total. The van der Waals surface area contributed by atoms with Crippen molar-refractivity contribution in [3.8, 4) is 0 Å². The number of nitrogens with zero attached hydrogens (tertiary/aromatic N) is 1. The zero-order chi connectivity index (χ0) is 12.6. The molecule has 0 rings (SSSR count). The fourth-order valence-electron chi connectivity index (χ4n) is 0.834. The predicted octanol–water partition coefficient (Wildman–Crippen LogP) is -1.35. The van der Waals surface area contributed by atoms with Crippen LogP contribution >= 0.6 is 0 Å². The molecule has 0 heterocycles. The summed E-state index contributed by atoms with van der Waals surface area (Å²) < 4.78 is 4.66. The van der Waals surface area contributed by atoms with Crippen molar-refractivity contribution in [2.24, 2.45) is 5.73 Å². The zero-order valence-electron chi connectivity index (χ0n) is 9.51. The maximum absolute atomic E-state index is 11.1. The summed E-state index contributed by atoms with van der Waals surface area (Å²) in [6.45, 7) is 0.529. The number of hydroxylamine groups is 2. The Kier molecular flexibility index (Phi) is 7.44. The van der Waals surface area contributed by atoms with Crippen LogP contribution in [0, 0.1) is 0 Å². The normalized spacial score (nSPS) is 12.3. The van der Waals surface area contributed by atoms with Gasteiger partial charge in [-0.25, -0.2) is 4.79 Å². The van der Waals surface area contributed by atoms with Gasteiger partial charge in [-0.1, -0.05) is 0 Å². The van der Waals surface area contributed by atoms with E-state index in [-0.39, 0.29) is 6.61 Å². The fraction of sp³-hybridized carbons (Fsp3) is 0.778. The van der Waals surface area contributed by atoms with E-state index in [1.165, 1.54) is 19.2 Å². The molecule has 16 heavy (non-hydrogen) atoms. The number of aliphatic hydroxyl groups is 1. The quantitative estimate of drug-likeness (QED) is 0.319. The predicted molar refractivity (Wildman–Crippen MR) is 55.0 cm³/mol. The third-order valence-corrected chi connectivity index (χ3v) is 1.51. The number of hydrogen-bond acceptors (Lipinski definition) is 7. The van der Waals surface area contributed by atoms with Crippen molar-refractivity contribution in [3.63, 3.8) is 0 Å². The first-order valence-electron chi connectivity index (χ1n) is 4.90. The van der Waals surface area contributed by atoms with Gasteiger partial charge in [0.05, 0.1) is 13.0 Å². The first kappa shape index (κ1) is 14.8. The molecular weight excluding hydrogens is 216 g/mol. The second-order valence-electron chi connectivity index (χ2n) is 3.31. The standard InChI is InChI=1S/C9H18N2O5/c1-11(2)16-8(13)6-7(12)9(14)15-5-3-4-10/h7,12H,3-6,10H2,1-2H3. The maximum Gasteiger partial charge on any atom is 0.335 e. The molecule has 0 radical (unpaired) electrons. The molecule has 0 aliphatic carbocycles. The van der Waals surface area contributed by atoms with E-state index in [9.17, 15) is 14.7 Å². The molecule has 1 atom stereocenters. The molecule has 0 spiro atoms. The van der Waals surface area contributed by atoms with Crippen molar-refractivity contribution in [1.29, 1.82) is 0 Å². The Balaban J connectivity index is 3.81. The lowest BCUT2D eigenvalue weighted by atomic mass is 10.2. The minimum atomic E-state index is -1.50. The SMILES string of the molecule is CN(C)OC(=O)CC(O)C(=O)OCCCN. The summed E-state index contributed by atoms with van der Waals surface area (Å²) in [6, 6.07) is 0. The van der Waals surface area contributed by atoms with E-state index in [1.807, 2.05) is 0 Å². The topological polar surface area (TPSA) is 102 Å². The van der Waals surface area contributed by atoms with Crippen molar-refractivity contribution in [2.75, 3.05) is 27.2 Å². The lowest BCUT2D eigenvalue weighted by Crippen LogP contribution is -2.29. The van der Waals surface area contributed by atoms with Crippen molar-refractivity contribution < 1.29 is 24.3 Å². The van der Waals surface area contributed by atoms with Crippen molar-refractivity contribution in [1.82, 2.24) is 5.06 Å². The fourth-order valence-corrected chi connectivity index (χ4v) is 0.834. The smallest absolute Gasteiger partial charge is 0.335 e. The van der Waals surface area contributed by atoms with Crippen LogP contribution in [-0.4, -0.2) is 55.5 Å². The molecule has 0 aromatic rings. The van der Waals surface area contributed by atoms with E-state index >= 15 is 0 Å².